The number of halogens is 1. The molecule has 0 saturated heterocycles. The van der Waals surface area contributed by atoms with Gasteiger partial charge in [-0.25, -0.2) is 5.53 Å². The summed E-state index contributed by atoms with van der Waals surface area (Å²) in [5, 5.41) is 3.19. The highest BCUT2D eigenvalue weighted by Gasteiger charge is 2.15. The second-order valence-corrected chi connectivity index (χ2v) is 3.68. The van der Waals surface area contributed by atoms with Gasteiger partial charge in [-0.05, 0) is 22.6 Å². The Bertz CT molecular complexity index is 188. The van der Waals surface area contributed by atoms with Crippen LogP contribution in [-0.4, -0.2) is 4.22 Å². The van der Waals surface area contributed by atoms with E-state index in [1.165, 1.54) is 6.20 Å². The zero-order chi connectivity index (χ0) is 8.91. The van der Waals surface area contributed by atoms with Crippen LogP contribution in [0.5, 0.6) is 0 Å². The Morgan fingerprint density at radius 2 is 2.00 bits per heavy atom. The third kappa shape index (κ3) is 4.23. The highest BCUT2D eigenvalue weighted by molar-refractivity contribution is 14.1. The van der Waals surface area contributed by atoms with Gasteiger partial charge in [-0.2, -0.15) is 5.11 Å². The smallest absolute Gasteiger partial charge is 0.0709 e. The number of aliphatic imine (C=N–C) groups is 1. The van der Waals surface area contributed by atoms with Crippen molar-refractivity contribution in [2.45, 2.75) is 20.8 Å². The zero-order valence-corrected chi connectivity index (χ0v) is 9.08. The van der Waals surface area contributed by atoms with Crippen molar-refractivity contribution in [1.82, 2.24) is 0 Å². The number of nitrogens with zero attached hydrogens (tertiary/aromatic N) is 2. The van der Waals surface area contributed by atoms with Crippen molar-refractivity contribution in [3.63, 3.8) is 0 Å². The van der Waals surface area contributed by atoms with E-state index in [-0.39, 0.29) is 5.41 Å². The second kappa shape index (κ2) is 4.58. The Balaban J connectivity index is 4.61. The van der Waals surface area contributed by atoms with Crippen LogP contribution in [0.25, 0.3) is 0 Å². The summed E-state index contributed by atoms with van der Waals surface area (Å²) in [5.74, 6) is 0. The molecule has 3 nitrogen and oxygen atoms in total. The Morgan fingerprint density at radius 1 is 1.45 bits per heavy atom. The quantitative estimate of drug-likeness (QED) is 0.452. The summed E-state index contributed by atoms with van der Waals surface area (Å²) in [6.07, 6.45) is 1.47. The highest BCUT2D eigenvalue weighted by Crippen LogP contribution is 2.25. The minimum absolute atomic E-state index is 0.0355. The SMILES string of the molecule is CC(C)(C)/C(=C/N=N)N=CI. The van der Waals surface area contributed by atoms with Crippen LogP contribution < -0.4 is 0 Å². The van der Waals surface area contributed by atoms with Gasteiger partial charge in [-0.15, -0.1) is 0 Å². The maximum absolute atomic E-state index is 6.66. The summed E-state index contributed by atoms with van der Waals surface area (Å²) >= 11 is 2.05. The van der Waals surface area contributed by atoms with E-state index in [9.17, 15) is 0 Å². The van der Waals surface area contributed by atoms with Gasteiger partial charge in [0.15, 0.2) is 0 Å². The molecule has 0 atom stereocenters. The van der Waals surface area contributed by atoms with E-state index in [0.29, 0.717) is 0 Å². The van der Waals surface area contributed by atoms with Crippen molar-refractivity contribution in [3.8, 4) is 0 Å². The maximum Gasteiger partial charge on any atom is 0.0709 e. The fourth-order valence-corrected chi connectivity index (χ4v) is 0.834. The Morgan fingerprint density at radius 3 is 2.27 bits per heavy atom. The molecular weight excluding hydrogens is 253 g/mol. The lowest BCUT2D eigenvalue weighted by molar-refractivity contribution is 0.497. The van der Waals surface area contributed by atoms with Crippen molar-refractivity contribution < 1.29 is 0 Å². The first-order valence-corrected chi connectivity index (χ1v) is 4.47. The predicted octanol–water partition coefficient (Wildman–Crippen LogP) is 3.37. The average Bonchev–Trinajstić information content (AvgIpc) is 1.85. The molecule has 11 heavy (non-hydrogen) atoms. The molecule has 0 aliphatic carbocycles. The normalized spacial score (nSPS) is 14.0. The van der Waals surface area contributed by atoms with E-state index in [1.807, 2.05) is 43.4 Å². The molecule has 0 bridgehead atoms. The lowest BCUT2D eigenvalue weighted by Crippen LogP contribution is -2.07. The van der Waals surface area contributed by atoms with Crippen LogP contribution in [0.2, 0.25) is 0 Å². The van der Waals surface area contributed by atoms with Crippen molar-refractivity contribution >= 4 is 26.8 Å². The number of hydrogen-bond donors (Lipinski definition) is 1. The fourth-order valence-electron chi connectivity index (χ4n) is 0.534. The zero-order valence-electron chi connectivity index (χ0n) is 6.93. The summed E-state index contributed by atoms with van der Waals surface area (Å²) in [5.41, 5.74) is 7.45. The fraction of sp³-hybridized carbons (Fsp3) is 0.571. The molecule has 0 rings (SSSR count). The minimum Gasteiger partial charge on any atom is -0.253 e. The van der Waals surface area contributed by atoms with Crippen LogP contribution >= 0.6 is 22.6 Å². The number of allylic oxidation sites excluding steroid dienone is 1. The van der Waals surface area contributed by atoms with E-state index in [2.05, 4.69) is 10.1 Å². The lowest BCUT2D eigenvalue weighted by atomic mass is 9.93. The van der Waals surface area contributed by atoms with E-state index in [1.54, 1.807) is 4.22 Å². The Labute approximate surface area is 80.6 Å². The van der Waals surface area contributed by atoms with Crippen molar-refractivity contribution in [2.75, 3.05) is 0 Å². The Kier molecular flexibility index (Phi) is 4.48. The first-order chi connectivity index (χ1) is 5.02. The van der Waals surface area contributed by atoms with Crippen LogP contribution in [0, 0.1) is 10.9 Å². The van der Waals surface area contributed by atoms with Crippen LogP contribution in [0.15, 0.2) is 22.0 Å². The minimum atomic E-state index is -0.0355. The third-order valence-corrected chi connectivity index (χ3v) is 1.42. The van der Waals surface area contributed by atoms with Gasteiger partial charge in [-0.1, -0.05) is 20.8 Å². The van der Waals surface area contributed by atoms with Crippen LogP contribution in [0.4, 0.5) is 0 Å². The molecule has 0 spiro atoms. The number of nitrogens with one attached hydrogen (secondary N) is 1. The maximum atomic E-state index is 6.66. The van der Waals surface area contributed by atoms with Gasteiger partial charge < -0.3 is 0 Å². The highest BCUT2D eigenvalue weighted by atomic mass is 127. The van der Waals surface area contributed by atoms with E-state index in [4.69, 9.17) is 5.53 Å². The van der Waals surface area contributed by atoms with E-state index in [0.717, 1.165) is 5.70 Å². The molecule has 0 aromatic heterocycles. The molecule has 4 heteroatoms. The molecule has 0 aromatic carbocycles. The summed E-state index contributed by atoms with van der Waals surface area (Å²) in [6.45, 7) is 6.11. The van der Waals surface area contributed by atoms with Crippen molar-refractivity contribution in [3.05, 3.63) is 11.9 Å². The van der Waals surface area contributed by atoms with Crippen LogP contribution in [-0.2, 0) is 0 Å². The van der Waals surface area contributed by atoms with Crippen molar-refractivity contribution in [2.24, 2.45) is 15.5 Å². The lowest BCUT2D eigenvalue weighted by Gasteiger charge is -2.17. The molecule has 0 aliphatic rings. The molecule has 0 aromatic rings. The summed E-state index contributed by atoms with van der Waals surface area (Å²) in [6, 6.07) is 0. The summed E-state index contributed by atoms with van der Waals surface area (Å²) < 4.78 is 1.68. The first kappa shape index (κ1) is 10.7. The second-order valence-electron chi connectivity index (χ2n) is 3.12. The number of rotatable bonds is 2. The number of hydrogen-bond acceptors (Lipinski definition) is 3. The molecule has 0 amide bonds. The van der Waals surface area contributed by atoms with Gasteiger partial charge in [-0.3, -0.25) is 4.99 Å². The molecule has 0 saturated carbocycles. The van der Waals surface area contributed by atoms with Crippen LogP contribution in [0.3, 0.4) is 0 Å². The van der Waals surface area contributed by atoms with Crippen molar-refractivity contribution in [1.29, 1.82) is 5.53 Å². The molecule has 0 aliphatic heterocycles. The van der Waals surface area contributed by atoms with Gasteiger partial charge in [0, 0.05) is 5.41 Å². The monoisotopic (exact) mass is 265 g/mol. The molecule has 62 valence electrons. The van der Waals surface area contributed by atoms with Gasteiger partial charge in [0.25, 0.3) is 0 Å². The standard InChI is InChI=1S/C7H12IN3/c1-7(2,3)6(4-11-9)10-5-8/h4-5,9H,1-3H3/b6-4-,10-5?,11-9?. The molecule has 0 unspecified atom stereocenters. The van der Waals surface area contributed by atoms with Gasteiger partial charge >= 0.3 is 0 Å². The predicted molar refractivity (Wildman–Crippen MR) is 55.2 cm³/mol. The topological polar surface area (TPSA) is 48.6 Å². The van der Waals surface area contributed by atoms with E-state index < -0.39 is 0 Å². The van der Waals surface area contributed by atoms with Gasteiger partial charge in [0.1, 0.15) is 0 Å². The molecule has 0 fully saturated rings. The van der Waals surface area contributed by atoms with Crippen LogP contribution in [0.1, 0.15) is 20.8 Å². The molecular formula is C7H12IN3. The first-order valence-electron chi connectivity index (χ1n) is 3.22. The largest absolute Gasteiger partial charge is 0.253 e. The summed E-state index contributed by atoms with van der Waals surface area (Å²) in [7, 11) is 0. The van der Waals surface area contributed by atoms with Gasteiger partial charge in [0.2, 0.25) is 0 Å². The third-order valence-electron chi connectivity index (χ3n) is 1.14. The average molecular weight is 265 g/mol. The molecule has 0 radical (unpaired) electrons. The van der Waals surface area contributed by atoms with Gasteiger partial charge in [0.05, 0.1) is 16.1 Å². The molecule has 0 heterocycles. The Hall–Kier alpha value is -0.260. The molecule has 1 N–H and O–H groups in total. The van der Waals surface area contributed by atoms with E-state index >= 15 is 0 Å². The summed E-state index contributed by atoms with van der Waals surface area (Å²) in [4.78, 5) is 4.09.